The highest BCUT2D eigenvalue weighted by Gasteiger charge is 2.55. The molecule has 40 heavy (non-hydrogen) atoms. The first-order valence-corrected chi connectivity index (χ1v) is 17.3. The molecule has 0 aliphatic carbocycles. The van der Waals surface area contributed by atoms with E-state index in [-0.39, 0.29) is 12.0 Å². The first kappa shape index (κ1) is 30.1. The summed E-state index contributed by atoms with van der Waals surface area (Å²) in [5.74, 6) is 1.84. The van der Waals surface area contributed by atoms with Gasteiger partial charge < -0.3 is 9.26 Å². The molecule has 0 radical (unpaired) electrons. The SMILES string of the molecule is COC(=O)CCC[C@@H]1[C@H]2CCCN3CCC[C@@H](CN1P(=O)(Oc1cccc4ccccc14)N(CCCl)CCCl)[C@@H]23. The molecule has 0 spiro atoms. The fourth-order valence-corrected chi connectivity index (χ4v) is 10.8. The van der Waals surface area contributed by atoms with Crippen LogP contribution in [0.4, 0.5) is 0 Å². The number of esters is 1. The Hall–Kier alpha value is -1.34. The largest absolute Gasteiger partial charge is 0.469 e. The van der Waals surface area contributed by atoms with Crippen LogP contribution in [-0.4, -0.2) is 83.9 Å². The average molecular weight is 611 g/mol. The van der Waals surface area contributed by atoms with Crippen molar-refractivity contribution in [3.05, 3.63) is 42.5 Å². The Morgan fingerprint density at radius 2 is 1.77 bits per heavy atom. The zero-order valence-corrected chi connectivity index (χ0v) is 25.8. The maximum absolute atomic E-state index is 15.7. The van der Waals surface area contributed by atoms with Gasteiger partial charge in [0.25, 0.3) is 0 Å². The summed E-state index contributed by atoms with van der Waals surface area (Å²) < 4.78 is 31.5. The smallest absolute Gasteiger partial charge is 0.396 e. The molecule has 3 aliphatic rings. The zero-order valence-electron chi connectivity index (χ0n) is 23.4. The second-order valence-corrected chi connectivity index (χ2v) is 14.3. The summed E-state index contributed by atoms with van der Waals surface area (Å²) in [6.45, 7) is 3.80. The molecule has 0 aromatic heterocycles. The first-order chi connectivity index (χ1) is 19.5. The van der Waals surface area contributed by atoms with Gasteiger partial charge in [-0.3, -0.25) is 9.69 Å². The first-order valence-electron chi connectivity index (χ1n) is 14.7. The van der Waals surface area contributed by atoms with E-state index in [0.29, 0.717) is 67.9 Å². The number of ether oxygens (including phenoxy) is 1. The van der Waals surface area contributed by atoms with Crippen LogP contribution in [0, 0.1) is 11.8 Å². The van der Waals surface area contributed by atoms with Crippen molar-refractivity contribution in [3.63, 3.8) is 0 Å². The van der Waals surface area contributed by atoms with E-state index in [1.54, 1.807) is 0 Å². The van der Waals surface area contributed by atoms with Crippen LogP contribution in [0.1, 0.15) is 44.9 Å². The Bertz CT molecular complexity index is 1190. The lowest BCUT2D eigenvalue weighted by molar-refractivity contribution is -0.140. The Kier molecular flexibility index (Phi) is 10.4. The summed E-state index contributed by atoms with van der Waals surface area (Å²) in [5, 5.41) is 1.97. The van der Waals surface area contributed by atoms with Gasteiger partial charge in [-0.25, -0.2) is 13.9 Å². The van der Waals surface area contributed by atoms with Crippen LogP contribution < -0.4 is 4.52 Å². The minimum absolute atomic E-state index is 0.0146. The molecule has 1 unspecified atom stereocenters. The van der Waals surface area contributed by atoms with Gasteiger partial charge in [-0.05, 0) is 74.9 Å². The second kappa shape index (κ2) is 13.8. The lowest BCUT2D eigenvalue weighted by atomic mass is 9.70. The Labute approximate surface area is 248 Å². The van der Waals surface area contributed by atoms with Crippen LogP contribution in [0.5, 0.6) is 5.75 Å². The molecule has 220 valence electrons. The molecule has 5 rings (SSSR count). The van der Waals surface area contributed by atoms with E-state index >= 15 is 4.57 Å². The van der Waals surface area contributed by atoms with Crippen molar-refractivity contribution in [2.45, 2.75) is 57.0 Å². The lowest BCUT2D eigenvalue weighted by Crippen LogP contribution is -2.64. The number of halogens is 2. The van der Waals surface area contributed by atoms with Gasteiger partial charge >= 0.3 is 13.6 Å². The van der Waals surface area contributed by atoms with Gasteiger partial charge in [-0.1, -0.05) is 36.4 Å². The summed E-state index contributed by atoms with van der Waals surface area (Å²) in [6, 6.07) is 14.5. The quantitative estimate of drug-likeness (QED) is 0.152. The Morgan fingerprint density at radius 3 is 2.52 bits per heavy atom. The molecule has 5 atom stereocenters. The Morgan fingerprint density at radius 1 is 1.05 bits per heavy atom. The number of alkyl halides is 2. The minimum Gasteiger partial charge on any atom is -0.469 e. The van der Waals surface area contributed by atoms with E-state index in [9.17, 15) is 4.79 Å². The highest BCUT2D eigenvalue weighted by atomic mass is 35.5. The van der Waals surface area contributed by atoms with Crippen LogP contribution in [-0.2, 0) is 14.1 Å². The van der Waals surface area contributed by atoms with Crippen molar-refractivity contribution in [2.24, 2.45) is 11.8 Å². The topological polar surface area (TPSA) is 62.3 Å². The standard InChI is InChI=1S/C30H42Cl2N3O4P/c1-38-29(36)15-5-13-27-26-12-7-19-33-18-6-10-24(30(26)33)22-35(27)40(37,34(20-16-31)21-17-32)39-28-14-4-9-23-8-2-3-11-25(23)28/h2-4,8-9,11,14,24,26-27,30H,5-7,10,12-13,15-22H2,1H3/t24-,26+,27+,30-,40?/m0/s1. The Balaban J connectivity index is 1.57. The van der Waals surface area contributed by atoms with E-state index in [4.69, 9.17) is 32.5 Å². The molecular weight excluding hydrogens is 568 g/mol. The van der Waals surface area contributed by atoms with Crippen LogP contribution in [0.15, 0.2) is 42.5 Å². The van der Waals surface area contributed by atoms with Gasteiger partial charge in [0, 0.05) is 55.3 Å². The summed E-state index contributed by atoms with van der Waals surface area (Å²) >= 11 is 12.6. The third-order valence-electron chi connectivity index (χ3n) is 9.09. The fraction of sp³-hybridized carbons (Fsp3) is 0.633. The van der Waals surface area contributed by atoms with Gasteiger partial charge in [0.2, 0.25) is 0 Å². The lowest BCUT2D eigenvalue weighted by Gasteiger charge is -2.58. The van der Waals surface area contributed by atoms with Crippen molar-refractivity contribution in [3.8, 4) is 5.75 Å². The molecule has 7 nitrogen and oxygen atoms in total. The number of piperidine rings is 3. The molecular formula is C30H42Cl2N3O4P. The van der Waals surface area contributed by atoms with E-state index in [1.807, 2.05) is 47.1 Å². The monoisotopic (exact) mass is 609 g/mol. The predicted molar refractivity (Wildman–Crippen MR) is 162 cm³/mol. The predicted octanol–water partition coefficient (Wildman–Crippen LogP) is 6.62. The number of carbonyl (C=O) groups is 1. The molecule has 3 aliphatic heterocycles. The highest BCUT2D eigenvalue weighted by molar-refractivity contribution is 7.54. The summed E-state index contributed by atoms with van der Waals surface area (Å²) in [4.78, 5) is 14.7. The minimum atomic E-state index is -3.64. The third-order valence-corrected chi connectivity index (χ3v) is 12.1. The summed E-state index contributed by atoms with van der Waals surface area (Å²) in [6.07, 6.45) is 6.31. The maximum Gasteiger partial charge on any atom is 0.396 e. The maximum atomic E-state index is 15.7. The van der Waals surface area contributed by atoms with E-state index in [1.165, 1.54) is 7.11 Å². The number of nitrogens with zero attached hydrogens (tertiary/aromatic N) is 3. The van der Waals surface area contributed by atoms with Gasteiger partial charge in [0.05, 0.1) is 7.11 Å². The number of hydrogen-bond donors (Lipinski definition) is 0. The van der Waals surface area contributed by atoms with E-state index in [2.05, 4.69) is 9.57 Å². The fourth-order valence-electron chi connectivity index (χ4n) is 7.42. The second-order valence-electron chi connectivity index (χ2n) is 11.3. The number of carbonyl (C=O) groups excluding carboxylic acids is 1. The number of fused-ring (bicyclic) bond motifs is 1. The highest BCUT2D eigenvalue weighted by Crippen LogP contribution is 2.60. The number of methoxy groups -OCH3 is 1. The average Bonchev–Trinajstić information content (AvgIpc) is 2.98. The summed E-state index contributed by atoms with van der Waals surface area (Å²) in [7, 11) is -2.20. The van der Waals surface area contributed by atoms with Gasteiger partial charge in [0.1, 0.15) is 5.75 Å². The van der Waals surface area contributed by atoms with Crippen molar-refractivity contribution in [1.29, 1.82) is 0 Å². The molecule has 3 saturated heterocycles. The molecule has 0 amide bonds. The molecule has 2 aromatic rings. The third kappa shape index (κ3) is 6.21. The van der Waals surface area contributed by atoms with Crippen LogP contribution in [0.2, 0.25) is 0 Å². The zero-order chi connectivity index (χ0) is 28.1. The molecule has 3 heterocycles. The van der Waals surface area contributed by atoms with Gasteiger partial charge in [0.15, 0.2) is 0 Å². The molecule has 0 saturated carbocycles. The van der Waals surface area contributed by atoms with Crippen LogP contribution in [0.25, 0.3) is 10.8 Å². The number of benzene rings is 2. The molecule has 3 fully saturated rings. The molecule has 0 bridgehead atoms. The number of rotatable bonds is 12. The van der Waals surface area contributed by atoms with Crippen molar-refractivity contribution < 1.29 is 18.6 Å². The van der Waals surface area contributed by atoms with Gasteiger partial charge in [-0.2, -0.15) is 0 Å². The van der Waals surface area contributed by atoms with Crippen molar-refractivity contribution in [1.82, 2.24) is 14.2 Å². The van der Waals surface area contributed by atoms with Crippen LogP contribution in [0.3, 0.4) is 0 Å². The van der Waals surface area contributed by atoms with Gasteiger partial charge in [-0.15, -0.1) is 23.2 Å². The van der Waals surface area contributed by atoms with Crippen LogP contribution >= 0.6 is 30.9 Å². The summed E-state index contributed by atoms with van der Waals surface area (Å²) in [5.41, 5.74) is 0. The molecule has 2 aromatic carbocycles. The van der Waals surface area contributed by atoms with E-state index < -0.39 is 7.67 Å². The molecule has 10 heteroatoms. The van der Waals surface area contributed by atoms with E-state index in [0.717, 1.165) is 56.0 Å². The number of hydrogen-bond acceptors (Lipinski definition) is 5. The van der Waals surface area contributed by atoms with Crippen molar-refractivity contribution in [2.75, 3.05) is 51.6 Å². The normalized spacial score (nSPS) is 26.8. The molecule has 0 N–H and O–H groups in total. The van der Waals surface area contributed by atoms with Crippen molar-refractivity contribution >= 4 is 47.6 Å².